The van der Waals surface area contributed by atoms with E-state index in [-0.39, 0.29) is 6.42 Å². The zero-order valence-electron chi connectivity index (χ0n) is 15.4. The average molecular weight is 386 g/mol. The lowest BCUT2D eigenvalue weighted by Crippen LogP contribution is -2.48. The summed E-state index contributed by atoms with van der Waals surface area (Å²) in [5, 5.41) is 20.7. The first kappa shape index (κ1) is 19.7. The Bertz CT molecular complexity index is 723. The molecule has 0 heterocycles. The Hall–Kier alpha value is -2.61. The number of hydrogen-bond acceptors (Lipinski definition) is 4. The summed E-state index contributed by atoms with van der Waals surface area (Å²) < 4.78 is 7.83. The van der Waals surface area contributed by atoms with Gasteiger partial charge in [-0.05, 0) is 38.0 Å². The summed E-state index contributed by atoms with van der Waals surface area (Å²) >= 11 is 5.82. The van der Waals surface area contributed by atoms with Crippen molar-refractivity contribution in [2.24, 2.45) is 0 Å². The van der Waals surface area contributed by atoms with Crippen LogP contribution in [0.1, 0.15) is 32.3 Å². The molecule has 0 saturated heterocycles. The highest BCUT2D eigenvalue weighted by molar-refractivity contribution is 6.30. The molecule has 0 radical (unpaired) electrons. The van der Waals surface area contributed by atoms with Gasteiger partial charge in [0, 0.05) is 11.4 Å². The number of rotatable bonds is 9. The maximum absolute atomic E-state index is 12.6. The zero-order chi connectivity index (χ0) is 20.8. The molecule has 0 aliphatic carbocycles. The molecule has 8 nitrogen and oxygen atoms in total. The first-order valence-corrected chi connectivity index (χ1v) is 8.13. The quantitative estimate of drug-likeness (QED) is 0.504. The molecule has 9 heteroatoms. The molecule has 1 aromatic carbocycles. The van der Waals surface area contributed by atoms with Crippen molar-refractivity contribution >= 4 is 35.4 Å². The second-order valence-electron chi connectivity index (χ2n) is 6.14. The van der Waals surface area contributed by atoms with E-state index in [9.17, 15) is 19.2 Å². The van der Waals surface area contributed by atoms with Crippen molar-refractivity contribution in [2.75, 3.05) is 6.54 Å². The van der Waals surface area contributed by atoms with Crippen molar-refractivity contribution in [3.05, 3.63) is 34.9 Å². The minimum atomic E-state index is -1.42. The number of aliphatic carboxylic acids is 2. The lowest BCUT2D eigenvalue weighted by molar-refractivity contribution is -0.143. The van der Waals surface area contributed by atoms with E-state index < -0.39 is 48.2 Å². The van der Waals surface area contributed by atoms with Crippen LogP contribution >= 0.6 is 11.6 Å². The van der Waals surface area contributed by atoms with E-state index in [0.29, 0.717) is 15.9 Å². The lowest BCUT2D eigenvalue weighted by atomic mass is 9.84. The van der Waals surface area contributed by atoms with Gasteiger partial charge in [0.15, 0.2) is 1.41 Å². The van der Waals surface area contributed by atoms with Gasteiger partial charge in [-0.1, -0.05) is 23.7 Å². The highest BCUT2D eigenvalue weighted by Gasteiger charge is 2.30. The van der Waals surface area contributed by atoms with E-state index >= 15 is 0 Å². The molecule has 142 valence electrons. The van der Waals surface area contributed by atoms with Gasteiger partial charge in [0.25, 0.3) is 0 Å². The standard InChI is InChI=1S/C17H21ClN2O6/c1-17(2,10-3-5-11(18)6-4-10)16(26)19-9-13(21)20-12(15(24)25)7-8-14(22)23/h3-6,12H,7-9H2,1-2H3,(H,19,26)(H,20,21)(H,22,23)(H,24,25)/t12-/m0/s1/i/hD. The topological polar surface area (TPSA) is 133 Å². The molecule has 1 aromatic rings. The summed E-state index contributed by atoms with van der Waals surface area (Å²) in [6, 6.07) is 5.07. The van der Waals surface area contributed by atoms with Crippen LogP contribution in [-0.4, -0.2) is 46.6 Å². The fourth-order valence-corrected chi connectivity index (χ4v) is 2.22. The number of carbonyl (C=O) groups is 4. The third kappa shape index (κ3) is 6.36. The van der Waals surface area contributed by atoms with Gasteiger partial charge in [-0.15, -0.1) is 0 Å². The minimum absolute atomic E-state index is 0.307. The first-order chi connectivity index (χ1) is 12.4. The molecule has 1 rings (SSSR count). The SMILES string of the molecule is [2H]N(CC(=O)N[C@@H](CCC(=O)O)C(=O)O)C(=O)C(C)(C)c1ccc(Cl)cc1. The molecule has 0 spiro atoms. The number of nitrogens with one attached hydrogen (secondary N) is 2. The molecule has 0 bridgehead atoms. The van der Waals surface area contributed by atoms with Gasteiger partial charge in [0.2, 0.25) is 11.8 Å². The van der Waals surface area contributed by atoms with Gasteiger partial charge in [-0.25, -0.2) is 4.79 Å². The van der Waals surface area contributed by atoms with Crippen molar-refractivity contribution in [3.63, 3.8) is 0 Å². The van der Waals surface area contributed by atoms with E-state index in [4.69, 9.17) is 23.2 Å². The fourth-order valence-electron chi connectivity index (χ4n) is 2.10. The van der Waals surface area contributed by atoms with E-state index in [0.717, 1.165) is 0 Å². The molecule has 1 atom stereocenters. The highest BCUT2D eigenvalue weighted by Crippen LogP contribution is 2.24. The maximum Gasteiger partial charge on any atom is 0.326 e. The Morgan fingerprint density at radius 1 is 1.19 bits per heavy atom. The van der Waals surface area contributed by atoms with Gasteiger partial charge in [0.05, 0.1) is 12.0 Å². The molecule has 0 aromatic heterocycles. The normalized spacial score (nSPS) is 12.7. The van der Waals surface area contributed by atoms with Crippen LogP contribution in [0.25, 0.3) is 0 Å². The highest BCUT2D eigenvalue weighted by atomic mass is 35.5. The van der Waals surface area contributed by atoms with Crippen LogP contribution in [0.15, 0.2) is 24.3 Å². The third-order valence-electron chi connectivity index (χ3n) is 3.75. The van der Waals surface area contributed by atoms with E-state index in [1.54, 1.807) is 38.1 Å². The van der Waals surface area contributed by atoms with Crippen LogP contribution in [0.3, 0.4) is 0 Å². The summed E-state index contributed by atoms with van der Waals surface area (Å²) in [5.74, 6) is -4.13. The third-order valence-corrected chi connectivity index (χ3v) is 4.00. The number of amides is 2. The molecule has 0 unspecified atom stereocenters. The summed E-state index contributed by atoms with van der Waals surface area (Å²) in [4.78, 5) is 46.2. The lowest BCUT2D eigenvalue weighted by Gasteiger charge is -2.24. The molecular formula is C17H21ClN2O6. The largest absolute Gasteiger partial charge is 0.481 e. The van der Waals surface area contributed by atoms with Crippen LogP contribution in [0.4, 0.5) is 0 Å². The summed E-state index contributed by atoms with van der Waals surface area (Å²) in [6.07, 6.45) is -0.747. The van der Waals surface area contributed by atoms with Crippen LogP contribution in [0.5, 0.6) is 0 Å². The van der Waals surface area contributed by atoms with Crippen molar-refractivity contribution in [1.82, 2.24) is 10.6 Å². The second-order valence-corrected chi connectivity index (χ2v) is 6.58. The van der Waals surface area contributed by atoms with Gasteiger partial charge in [0.1, 0.15) is 6.04 Å². The van der Waals surface area contributed by atoms with E-state index in [1.807, 2.05) is 0 Å². The molecule has 26 heavy (non-hydrogen) atoms. The number of carbonyl (C=O) groups excluding carboxylic acids is 2. The minimum Gasteiger partial charge on any atom is -0.481 e. The van der Waals surface area contributed by atoms with Crippen LogP contribution in [-0.2, 0) is 24.6 Å². The molecular weight excluding hydrogens is 364 g/mol. The Morgan fingerprint density at radius 2 is 1.77 bits per heavy atom. The average Bonchev–Trinajstić information content (AvgIpc) is 2.57. The Kier molecular flexibility index (Phi) is 6.97. The number of hydrogen-bond donors (Lipinski definition) is 4. The van der Waals surface area contributed by atoms with E-state index in [1.165, 1.54) is 0 Å². The molecule has 2 amide bonds. The number of benzene rings is 1. The van der Waals surface area contributed by atoms with Crippen molar-refractivity contribution in [3.8, 4) is 0 Å². The second kappa shape index (κ2) is 9.19. The van der Waals surface area contributed by atoms with Gasteiger partial charge < -0.3 is 20.8 Å². The monoisotopic (exact) mass is 385 g/mol. The number of carboxylic acid groups (broad SMARTS) is 2. The first-order valence-electron chi connectivity index (χ1n) is 8.20. The van der Waals surface area contributed by atoms with Crippen molar-refractivity contribution < 1.29 is 30.8 Å². The van der Waals surface area contributed by atoms with Gasteiger partial charge in [-0.3, -0.25) is 14.4 Å². The van der Waals surface area contributed by atoms with E-state index in [2.05, 4.69) is 5.32 Å². The molecule has 0 fully saturated rings. The van der Waals surface area contributed by atoms with Crippen LogP contribution in [0.2, 0.25) is 6.43 Å². The Labute approximate surface area is 157 Å². The van der Waals surface area contributed by atoms with Crippen molar-refractivity contribution in [1.29, 1.82) is 0 Å². The number of halogens is 1. The van der Waals surface area contributed by atoms with Crippen LogP contribution < -0.4 is 10.6 Å². The predicted molar refractivity (Wildman–Crippen MR) is 93.9 cm³/mol. The summed E-state index contributed by atoms with van der Waals surface area (Å²) in [7, 11) is 0. The molecule has 0 aliphatic rings. The summed E-state index contributed by atoms with van der Waals surface area (Å²) in [5.41, 5.74) is -0.512. The number of carboxylic acids is 2. The molecule has 0 saturated carbocycles. The van der Waals surface area contributed by atoms with Crippen LogP contribution in [0, 0.1) is 0 Å². The zero-order valence-corrected chi connectivity index (χ0v) is 15.1. The Morgan fingerprint density at radius 3 is 2.27 bits per heavy atom. The molecule has 0 aliphatic heterocycles. The maximum atomic E-state index is 12.6. The fraction of sp³-hybridized carbons (Fsp3) is 0.412. The van der Waals surface area contributed by atoms with Gasteiger partial charge in [-0.2, -0.15) is 0 Å². The smallest absolute Gasteiger partial charge is 0.326 e. The summed E-state index contributed by atoms with van der Waals surface area (Å²) in [6.45, 7) is 2.49. The predicted octanol–water partition coefficient (Wildman–Crippen LogP) is 1.17. The van der Waals surface area contributed by atoms with Gasteiger partial charge >= 0.3 is 11.9 Å². The Balaban J connectivity index is 2.75. The van der Waals surface area contributed by atoms with Crippen molar-refractivity contribution in [2.45, 2.75) is 38.1 Å². The molecule has 4 N–H and O–H groups in total.